The molecule has 38 heavy (non-hydrogen) atoms. The number of hydrogen-bond donors (Lipinski definition) is 3. The van der Waals surface area contributed by atoms with Gasteiger partial charge in [-0.25, -0.2) is 14.4 Å². The molecule has 0 aliphatic rings. The van der Waals surface area contributed by atoms with Crippen LogP contribution in [0.2, 0.25) is 0 Å². The van der Waals surface area contributed by atoms with E-state index < -0.39 is 48.2 Å². The number of H-pyrrole nitrogens is 1. The van der Waals surface area contributed by atoms with Gasteiger partial charge in [-0.05, 0) is 44.9 Å². The van der Waals surface area contributed by atoms with Gasteiger partial charge in [-0.3, -0.25) is 4.79 Å². The van der Waals surface area contributed by atoms with Gasteiger partial charge >= 0.3 is 18.0 Å². The zero-order valence-corrected chi connectivity index (χ0v) is 21.9. The van der Waals surface area contributed by atoms with Gasteiger partial charge in [-0.2, -0.15) is 0 Å². The molecule has 0 aliphatic heterocycles. The molecule has 10 heteroatoms. The lowest BCUT2D eigenvalue weighted by Gasteiger charge is -2.21. The fourth-order valence-electron chi connectivity index (χ4n) is 3.58. The molecule has 0 radical (unpaired) electrons. The number of amides is 2. The Morgan fingerprint density at radius 2 is 1.58 bits per heavy atom. The van der Waals surface area contributed by atoms with Crippen molar-refractivity contribution in [2.45, 2.75) is 58.4 Å². The predicted octanol–water partition coefficient (Wildman–Crippen LogP) is 3.40. The SMILES string of the molecule is C[C@H](NC(=O)OC(C)(C)C)C(=O)OCC(=O)N[C@@H](Cc1c[nH]c2ccccc12)C(=O)OCc1ccccc1. The number of nitrogens with one attached hydrogen (secondary N) is 3. The summed E-state index contributed by atoms with van der Waals surface area (Å²) in [5.41, 5.74) is 1.78. The van der Waals surface area contributed by atoms with Gasteiger partial charge in [-0.1, -0.05) is 48.5 Å². The van der Waals surface area contributed by atoms with E-state index in [9.17, 15) is 19.2 Å². The summed E-state index contributed by atoms with van der Waals surface area (Å²) in [6, 6.07) is 14.7. The fourth-order valence-corrected chi connectivity index (χ4v) is 3.58. The summed E-state index contributed by atoms with van der Waals surface area (Å²) in [5, 5.41) is 5.87. The summed E-state index contributed by atoms with van der Waals surface area (Å²) in [6.45, 7) is 5.88. The molecule has 202 valence electrons. The Labute approximate surface area is 221 Å². The first-order chi connectivity index (χ1) is 18.0. The first-order valence-corrected chi connectivity index (χ1v) is 12.2. The maximum Gasteiger partial charge on any atom is 0.408 e. The van der Waals surface area contributed by atoms with Crippen LogP contribution in [0.5, 0.6) is 0 Å². The Hall–Kier alpha value is -4.34. The average molecular weight is 524 g/mol. The third-order valence-corrected chi connectivity index (χ3v) is 5.37. The standard InChI is InChI=1S/C28H33N3O7/c1-18(30-27(35)38-28(2,3)4)25(33)37-17-24(32)31-23(26(34)36-16-19-10-6-5-7-11-19)14-20-15-29-22-13-9-8-12-21(20)22/h5-13,15,18,23,29H,14,16-17H2,1-4H3,(H,30,35)(H,31,32)/t18-,23-/m0/s1. The molecule has 3 rings (SSSR count). The second-order valence-corrected chi connectivity index (χ2v) is 9.75. The fraction of sp³-hybridized carbons (Fsp3) is 0.357. The quantitative estimate of drug-likeness (QED) is 0.274. The molecule has 3 aromatic rings. The van der Waals surface area contributed by atoms with Crippen molar-refractivity contribution >= 4 is 34.8 Å². The highest BCUT2D eigenvalue weighted by molar-refractivity contribution is 5.89. The summed E-state index contributed by atoms with van der Waals surface area (Å²) < 4.78 is 15.6. The molecule has 0 saturated carbocycles. The zero-order chi connectivity index (χ0) is 27.7. The Bertz CT molecular complexity index is 1260. The van der Waals surface area contributed by atoms with E-state index in [2.05, 4.69) is 15.6 Å². The van der Waals surface area contributed by atoms with Gasteiger partial charge < -0.3 is 29.8 Å². The van der Waals surface area contributed by atoms with Crippen LogP contribution in [-0.2, 0) is 41.6 Å². The third kappa shape index (κ3) is 8.65. The number of esters is 2. The van der Waals surface area contributed by atoms with Crippen molar-refractivity contribution in [2.75, 3.05) is 6.61 Å². The van der Waals surface area contributed by atoms with E-state index in [1.165, 1.54) is 6.92 Å². The van der Waals surface area contributed by atoms with Gasteiger partial charge in [0.05, 0.1) is 0 Å². The van der Waals surface area contributed by atoms with Gasteiger partial charge in [0.15, 0.2) is 6.61 Å². The number of benzene rings is 2. The topological polar surface area (TPSA) is 136 Å². The van der Waals surface area contributed by atoms with Crippen molar-refractivity contribution in [3.05, 3.63) is 71.9 Å². The van der Waals surface area contributed by atoms with Crippen LogP contribution in [0.25, 0.3) is 10.9 Å². The molecule has 0 fully saturated rings. The number of hydrogen-bond acceptors (Lipinski definition) is 7. The molecular formula is C28H33N3O7. The number of alkyl carbamates (subject to hydrolysis) is 1. The van der Waals surface area contributed by atoms with Crippen molar-refractivity contribution < 1.29 is 33.4 Å². The van der Waals surface area contributed by atoms with Gasteiger partial charge in [0, 0.05) is 23.5 Å². The Morgan fingerprint density at radius 3 is 2.29 bits per heavy atom. The minimum atomic E-state index is -1.05. The molecule has 2 amide bonds. The molecule has 0 bridgehead atoms. The van der Waals surface area contributed by atoms with Gasteiger partial charge in [0.1, 0.15) is 24.3 Å². The van der Waals surface area contributed by atoms with E-state index in [4.69, 9.17) is 14.2 Å². The van der Waals surface area contributed by atoms with Crippen molar-refractivity contribution in [1.82, 2.24) is 15.6 Å². The number of carbonyl (C=O) groups is 4. The summed E-state index contributed by atoms with van der Waals surface area (Å²) in [7, 11) is 0. The molecule has 10 nitrogen and oxygen atoms in total. The number of para-hydroxylation sites is 1. The monoisotopic (exact) mass is 523 g/mol. The van der Waals surface area contributed by atoms with Gasteiger partial charge in [0.25, 0.3) is 5.91 Å². The van der Waals surface area contributed by atoms with E-state index >= 15 is 0 Å². The molecule has 1 aromatic heterocycles. The number of aromatic nitrogens is 1. The summed E-state index contributed by atoms with van der Waals surface area (Å²) in [4.78, 5) is 52.9. The smallest absolute Gasteiger partial charge is 0.408 e. The number of aromatic amines is 1. The molecule has 3 N–H and O–H groups in total. The van der Waals surface area contributed by atoms with Gasteiger partial charge in [0.2, 0.25) is 0 Å². The molecule has 2 atom stereocenters. The van der Waals surface area contributed by atoms with E-state index in [1.807, 2.05) is 54.6 Å². The van der Waals surface area contributed by atoms with Crippen molar-refractivity contribution in [3.63, 3.8) is 0 Å². The second-order valence-electron chi connectivity index (χ2n) is 9.75. The van der Waals surface area contributed by atoms with Crippen LogP contribution in [0.1, 0.15) is 38.8 Å². The van der Waals surface area contributed by atoms with E-state index in [0.29, 0.717) is 0 Å². The van der Waals surface area contributed by atoms with Crippen molar-refractivity contribution in [3.8, 4) is 0 Å². The highest BCUT2D eigenvalue weighted by Crippen LogP contribution is 2.19. The maximum absolute atomic E-state index is 13.0. The maximum atomic E-state index is 13.0. The lowest BCUT2D eigenvalue weighted by Crippen LogP contribution is -2.46. The summed E-state index contributed by atoms with van der Waals surface area (Å²) in [5.74, 6) is -2.14. The first-order valence-electron chi connectivity index (χ1n) is 12.2. The number of carbonyl (C=O) groups excluding carboxylic acids is 4. The molecule has 2 aromatic carbocycles. The largest absolute Gasteiger partial charge is 0.459 e. The number of ether oxygens (including phenoxy) is 3. The van der Waals surface area contributed by atoms with Crippen LogP contribution >= 0.6 is 0 Å². The Kier molecular flexibility index (Phi) is 9.48. The van der Waals surface area contributed by atoms with Crippen LogP contribution in [0.15, 0.2) is 60.8 Å². The summed E-state index contributed by atoms with van der Waals surface area (Å²) in [6.07, 6.45) is 1.15. The highest BCUT2D eigenvalue weighted by atomic mass is 16.6. The van der Waals surface area contributed by atoms with E-state index in [-0.39, 0.29) is 13.0 Å². The lowest BCUT2D eigenvalue weighted by molar-refractivity contribution is -0.152. The first kappa shape index (κ1) is 28.2. The van der Waals surface area contributed by atoms with Crippen LogP contribution in [0.3, 0.4) is 0 Å². The minimum Gasteiger partial charge on any atom is -0.459 e. The van der Waals surface area contributed by atoms with E-state index in [0.717, 1.165) is 22.0 Å². The minimum absolute atomic E-state index is 0.0444. The lowest BCUT2D eigenvalue weighted by atomic mass is 10.0. The highest BCUT2D eigenvalue weighted by Gasteiger charge is 2.26. The molecular weight excluding hydrogens is 490 g/mol. The Morgan fingerprint density at radius 1 is 0.895 bits per heavy atom. The number of rotatable bonds is 10. The summed E-state index contributed by atoms with van der Waals surface area (Å²) >= 11 is 0. The zero-order valence-electron chi connectivity index (χ0n) is 21.9. The molecule has 0 unspecified atom stereocenters. The van der Waals surface area contributed by atoms with Crippen LogP contribution < -0.4 is 10.6 Å². The van der Waals surface area contributed by atoms with Crippen LogP contribution in [-0.4, -0.2) is 53.2 Å². The average Bonchev–Trinajstić information content (AvgIpc) is 3.27. The second kappa shape index (κ2) is 12.8. The number of fused-ring (bicyclic) bond motifs is 1. The Balaban J connectivity index is 1.61. The van der Waals surface area contributed by atoms with Crippen molar-refractivity contribution in [2.24, 2.45) is 0 Å². The normalized spacial score (nSPS) is 12.7. The third-order valence-electron chi connectivity index (χ3n) is 5.37. The van der Waals surface area contributed by atoms with Crippen LogP contribution in [0.4, 0.5) is 4.79 Å². The van der Waals surface area contributed by atoms with Crippen LogP contribution in [0, 0.1) is 0 Å². The molecule has 0 saturated heterocycles. The molecule has 1 heterocycles. The van der Waals surface area contributed by atoms with Gasteiger partial charge in [-0.15, -0.1) is 0 Å². The predicted molar refractivity (Wildman–Crippen MR) is 140 cm³/mol. The molecule has 0 aliphatic carbocycles. The van der Waals surface area contributed by atoms with Crippen molar-refractivity contribution in [1.29, 1.82) is 0 Å². The molecule has 0 spiro atoms. The van der Waals surface area contributed by atoms with E-state index in [1.54, 1.807) is 27.0 Å².